The van der Waals surface area contributed by atoms with Crippen molar-refractivity contribution in [3.05, 3.63) is 62.3 Å². The van der Waals surface area contributed by atoms with Gasteiger partial charge in [-0.2, -0.15) is 0 Å². The Morgan fingerprint density at radius 1 is 0.850 bits per heavy atom. The van der Waals surface area contributed by atoms with Gasteiger partial charge in [0.1, 0.15) is 5.82 Å². The van der Waals surface area contributed by atoms with Crippen LogP contribution in [0.25, 0.3) is 0 Å². The summed E-state index contributed by atoms with van der Waals surface area (Å²) in [6, 6.07) is 5.71. The van der Waals surface area contributed by atoms with Crippen molar-refractivity contribution < 1.29 is 18.0 Å². The maximum absolute atomic E-state index is 13.4. The fraction of sp³-hybridized carbons (Fsp3) is 0. The van der Waals surface area contributed by atoms with E-state index in [-0.39, 0.29) is 5.56 Å². The number of amides is 1. The van der Waals surface area contributed by atoms with Gasteiger partial charge >= 0.3 is 0 Å². The zero-order chi connectivity index (χ0) is 14.9. The Kier molecular flexibility index (Phi) is 4.49. The molecule has 2 aromatic rings. The number of carbonyl (C=O) groups is 1. The fourth-order valence-corrected chi connectivity index (χ4v) is 2.79. The first kappa shape index (κ1) is 15.1. The standard InChI is InChI=1S/C13H6Br2F3NO/c14-7-1-6(2-8(15)3-7)13(20)19-12-5-10(17)9(16)4-11(12)18/h1-5H,(H,19,20). The second kappa shape index (κ2) is 5.97. The molecule has 0 radical (unpaired) electrons. The number of anilines is 1. The van der Waals surface area contributed by atoms with Crippen molar-refractivity contribution in [2.75, 3.05) is 5.32 Å². The highest BCUT2D eigenvalue weighted by atomic mass is 79.9. The van der Waals surface area contributed by atoms with Gasteiger partial charge in [0.05, 0.1) is 5.69 Å². The van der Waals surface area contributed by atoms with Crippen molar-refractivity contribution in [1.82, 2.24) is 0 Å². The van der Waals surface area contributed by atoms with Crippen molar-refractivity contribution in [1.29, 1.82) is 0 Å². The molecule has 0 aliphatic heterocycles. The smallest absolute Gasteiger partial charge is 0.255 e. The molecule has 20 heavy (non-hydrogen) atoms. The van der Waals surface area contributed by atoms with Crippen LogP contribution in [0.4, 0.5) is 18.9 Å². The molecule has 0 aliphatic rings. The first-order valence-electron chi connectivity index (χ1n) is 5.29. The third kappa shape index (κ3) is 3.40. The lowest BCUT2D eigenvalue weighted by atomic mass is 10.2. The van der Waals surface area contributed by atoms with Gasteiger partial charge in [0.2, 0.25) is 0 Å². The van der Waals surface area contributed by atoms with Crippen molar-refractivity contribution >= 4 is 43.5 Å². The number of carbonyl (C=O) groups excluding carboxylic acids is 1. The van der Waals surface area contributed by atoms with Gasteiger partial charge in [0, 0.05) is 26.6 Å². The van der Waals surface area contributed by atoms with E-state index in [1.807, 2.05) is 0 Å². The van der Waals surface area contributed by atoms with E-state index in [0.717, 1.165) is 0 Å². The molecule has 1 N–H and O–H groups in total. The van der Waals surface area contributed by atoms with E-state index >= 15 is 0 Å². The van der Waals surface area contributed by atoms with Crippen LogP contribution in [0.2, 0.25) is 0 Å². The molecule has 2 aromatic carbocycles. The van der Waals surface area contributed by atoms with Crippen LogP contribution in [-0.2, 0) is 0 Å². The van der Waals surface area contributed by atoms with Crippen molar-refractivity contribution in [2.24, 2.45) is 0 Å². The molecule has 0 bridgehead atoms. The molecule has 104 valence electrons. The Morgan fingerprint density at radius 3 is 2.00 bits per heavy atom. The molecule has 2 rings (SSSR count). The minimum atomic E-state index is -1.31. The Bertz CT molecular complexity index is 671. The highest BCUT2D eigenvalue weighted by molar-refractivity contribution is 9.11. The fourth-order valence-electron chi connectivity index (χ4n) is 1.50. The van der Waals surface area contributed by atoms with Gasteiger partial charge in [-0.05, 0) is 18.2 Å². The average Bonchev–Trinajstić information content (AvgIpc) is 2.34. The van der Waals surface area contributed by atoms with E-state index in [9.17, 15) is 18.0 Å². The monoisotopic (exact) mass is 407 g/mol. The molecular formula is C13H6Br2F3NO. The number of hydrogen-bond acceptors (Lipinski definition) is 1. The van der Waals surface area contributed by atoms with Crippen LogP contribution in [-0.4, -0.2) is 5.91 Å². The summed E-state index contributed by atoms with van der Waals surface area (Å²) in [6.45, 7) is 0. The molecule has 0 spiro atoms. The van der Waals surface area contributed by atoms with E-state index < -0.39 is 29.0 Å². The minimum Gasteiger partial charge on any atom is -0.319 e. The summed E-state index contributed by atoms with van der Waals surface area (Å²) in [5.74, 6) is -4.24. The van der Waals surface area contributed by atoms with Crippen molar-refractivity contribution in [3.63, 3.8) is 0 Å². The molecule has 1 amide bonds. The zero-order valence-electron chi connectivity index (χ0n) is 9.68. The summed E-state index contributed by atoms with van der Waals surface area (Å²) in [6.07, 6.45) is 0. The molecule has 0 aromatic heterocycles. The third-order valence-electron chi connectivity index (χ3n) is 2.38. The Hall–Kier alpha value is -1.34. The first-order chi connectivity index (χ1) is 9.36. The van der Waals surface area contributed by atoms with E-state index in [4.69, 9.17) is 0 Å². The topological polar surface area (TPSA) is 29.1 Å². The summed E-state index contributed by atoms with van der Waals surface area (Å²) in [7, 11) is 0. The van der Waals surface area contributed by atoms with Gasteiger partial charge in [-0.1, -0.05) is 31.9 Å². The molecule has 0 fully saturated rings. The highest BCUT2D eigenvalue weighted by Crippen LogP contribution is 2.22. The van der Waals surface area contributed by atoms with E-state index in [1.165, 1.54) is 12.1 Å². The van der Waals surface area contributed by atoms with Crippen LogP contribution in [0.3, 0.4) is 0 Å². The summed E-state index contributed by atoms with van der Waals surface area (Å²) >= 11 is 6.42. The maximum atomic E-state index is 13.4. The molecular weight excluding hydrogens is 403 g/mol. The largest absolute Gasteiger partial charge is 0.319 e. The number of nitrogens with one attached hydrogen (secondary N) is 1. The van der Waals surface area contributed by atoms with E-state index in [0.29, 0.717) is 21.1 Å². The highest BCUT2D eigenvalue weighted by Gasteiger charge is 2.14. The van der Waals surface area contributed by atoms with E-state index in [2.05, 4.69) is 37.2 Å². The van der Waals surface area contributed by atoms with Gasteiger partial charge < -0.3 is 5.32 Å². The van der Waals surface area contributed by atoms with Crippen LogP contribution in [0.5, 0.6) is 0 Å². The maximum Gasteiger partial charge on any atom is 0.255 e. The molecule has 0 unspecified atom stereocenters. The van der Waals surface area contributed by atoms with Gasteiger partial charge in [-0.3, -0.25) is 4.79 Å². The SMILES string of the molecule is O=C(Nc1cc(F)c(F)cc1F)c1cc(Br)cc(Br)c1. The van der Waals surface area contributed by atoms with Crippen LogP contribution >= 0.6 is 31.9 Å². The molecule has 0 saturated heterocycles. The van der Waals surface area contributed by atoms with Crippen LogP contribution < -0.4 is 5.32 Å². The quantitative estimate of drug-likeness (QED) is 0.705. The van der Waals surface area contributed by atoms with Gasteiger partial charge in [-0.15, -0.1) is 0 Å². The Labute approximate surface area is 129 Å². The third-order valence-corrected chi connectivity index (χ3v) is 3.30. The summed E-state index contributed by atoms with van der Waals surface area (Å²) in [4.78, 5) is 11.9. The molecule has 0 heterocycles. The molecule has 0 aliphatic carbocycles. The predicted molar refractivity (Wildman–Crippen MR) is 76.1 cm³/mol. The normalized spacial score (nSPS) is 10.4. The van der Waals surface area contributed by atoms with E-state index in [1.54, 1.807) is 6.07 Å². The second-order valence-corrected chi connectivity index (χ2v) is 5.69. The number of rotatable bonds is 2. The van der Waals surface area contributed by atoms with Gasteiger partial charge in [0.15, 0.2) is 11.6 Å². The first-order valence-corrected chi connectivity index (χ1v) is 6.87. The van der Waals surface area contributed by atoms with Crippen LogP contribution in [0.15, 0.2) is 39.3 Å². The van der Waals surface area contributed by atoms with Crippen molar-refractivity contribution in [3.8, 4) is 0 Å². The molecule has 0 saturated carbocycles. The van der Waals surface area contributed by atoms with Crippen LogP contribution in [0, 0.1) is 17.5 Å². The van der Waals surface area contributed by atoms with Gasteiger partial charge in [0.25, 0.3) is 5.91 Å². The van der Waals surface area contributed by atoms with Gasteiger partial charge in [-0.25, -0.2) is 13.2 Å². The molecule has 2 nitrogen and oxygen atoms in total. The van der Waals surface area contributed by atoms with Crippen molar-refractivity contribution in [2.45, 2.75) is 0 Å². The number of hydrogen-bond donors (Lipinski definition) is 1. The minimum absolute atomic E-state index is 0.232. The average molecular weight is 409 g/mol. The Balaban J connectivity index is 2.30. The lowest BCUT2D eigenvalue weighted by Gasteiger charge is -2.08. The predicted octanol–water partition coefficient (Wildman–Crippen LogP) is 4.88. The summed E-state index contributed by atoms with van der Waals surface area (Å²) in [5.41, 5.74) is -0.194. The summed E-state index contributed by atoms with van der Waals surface area (Å²) < 4.78 is 40.5. The number of halogens is 5. The lowest BCUT2D eigenvalue weighted by Crippen LogP contribution is -2.13. The Morgan fingerprint density at radius 2 is 1.40 bits per heavy atom. The second-order valence-electron chi connectivity index (χ2n) is 3.86. The summed E-state index contributed by atoms with van der Waals surface area (Å²) in [5, 5.41) is 2.19. The zero-order valence-corrected chi connectivity index (χ0v) is 12.9. The molecule has 7 heteroatoms. The molecule has 0 atom stereocenters. The number of benzene rings is 2. The van der Waals surface area contributed by atoms with Crippen LogP contribution in [0.1, 0.15) is 10.4 Å². The lowest BCUT2D eigenvalue weighted by molar-refractivity contribution is 0.102.